The first-order valence-corrected chi connectivity index (χ1v) is 14.9. The van der Waals surface area contributed by atoms with Gasteiger partial charge < -0.3 is 4.42 Å². The molecular weight excluding hydrogens is 520 g/mol. The third-order valence-corrected chi connectivity index (χ3v) is 9.37. The fourth-order valence-corrected chi connectivity index (χ4v) is 7.70. The molecule has 9 aromatic rings. The summed E-state index contributed by atoms with van der Waals surface area (Å²) in [6, 6.07) is 52.8. The normalized spacial score (nSPS) is 12.2. The molecule has 1 heterocycles. The lowest BCUT2D eigenvalue weighted by Crippen LogP contribution is -1.93. The molecule has 0 spiro atoms. The van der Waals surface area contributed by atoms with Crippen molar-refractivity contribution in [1.29, 1.82) is 0 Å². The fourth-order valence-electron chi connectivity index (χ4n) is 7.70. The van der Waals surface area contributed by atoms with Crippen LogP contribution in [-0.2, 0) is 0 Å². The minimum absolute atomic E-state index is 0.935. The van der Waals surface area contributed by atoms with Crippen LogP contribution in [0.1, 0.15) is 0 Å². The highest BCUT2D eigenvalue weighted by molar-refractivity contribution is 6.35. The molecule has 1 aliphatic rings. The molecule has 0 fully saturated rings. The molecule has 1 aromatic heterocycles. The summed E-state index contributed by atoms with van der Waals surface area (Å²) in [6.07, 6.45) is 0. The first kappa shape index (κ1) is 23.0. The Kier molecular flexibility index (Phi) is 4.51. The summed E-state index contributed by atoms with van der Waals surface area (Å²) in [5.41, 5.74) is 12.1. The van der Waals surface area contributed by atoms with Crippen LogP contribution in [0.5, 0.6) is 0 Å². The monoisotopic (exact) mass is 544 g/mol. The van der Waals surface area contributed by atoms with Gasteiger partial charge in [0.05, 0.1) is 0 Å². The summed E-state index contributed by atoms with van der Waals surface area (Å²) in [5, 5.41) is 9.96. The molecule has 1 aliphatic carbocycles. The van der Waals surface area contributed by atoms with Gasteiger partial charge in [-0.15, -0.1) is 0 Å². The zero-order valence-electron chi connectivity index (χ0n) is 23.3. The summed E-state index contributed by atoms with van der Waals surface area (Å²) in [6.45, 7) is 0. The largest absolute Gasteiger partial charge is 0.456 e. The van der Waals surface area contributed by atoms with Crippen LogP contribution >= 0.6 is 0 Å². The van der Waals surface area contributed by atoms with Gasteiger partial charge in [0.1, 0.15) is 11.2 Å². The number of fused-ring (bicyclic) bond motifs is 10. The minimum atomic E-state index is 0.935. The first-order valence-electron chi connectivity index (χ1n) is 14.9. The van der Waals surface area contributed by atoms with Crippen molar-refractivity contribution in [3.63, 3.8) is 0 Å². The van der Waals surface area contributed by atoms with Gasteiger partial charge >= 0.3 is 0 Å². The molecule has 0 radical (unpaired) electrons. The molecule has 43 heavy (non-hydrogen) atoms. The lowest BCUT2D eigenvalue weighted by molar-refractivity contribution is 0.669. The smallest absolute Gasteiger partial charge is 0.136 e. The maximum atomic E-state index is 6.70. The number of furan rings is 1. The number of hydrogen-bond donors (Lipinski definition) is 0. The molecular formula is C42H24O. The predicted molar refractivity (Wildman–Crippen MR) is 182 cm³/mol. The molecule has 10 rings (SSSR count). The highest BCUT2D eigenvalue weighted by atomic mass is 16.3. The molecule has 0 unspecified atom stereocenters. The molecule has 8 aromatic carbocycles. The topological polar surface area (TPSA) is 13.1 Å². The standard InChI is InChI=1S/C42H24O/c1-3-13-26(14-4-1)36-29-18-9-10-19-30(29)37(27-15-5-2-6-16-27)42-33-24-35-40(31-20-11-21-32(38(31)33)41(36)42)39-28-17-8-7-12-25(28)22-23-34(39)43-35/h1-24H. The summed E-state index contributed by atoms with van der Waals surface area (Å²) >= 11 is 0. The van der Waals surface area contributed by atoms with Gasteiger partial charge in [-0.05, 0) is 89.0 Å². The minimum Gasteiger partial charge on any atom is -0.456 e. The van der Waals surface area contributed by atoms with E-state index in [-0.39, 0.29) is 0 Å². The molecule has 0 amide bonds. The van der Waals surface area contributed by atoms with Crippen LogP contribution in [0.3, 0.4) is 0 Å². The Morgan fingerprint density at radius 1 is 0.326 bits per heavy atom. The van der Waals surface area contributed by atoms with Gasteiger partial charge in [0.25, 0.3) is 0 Å². The van der Waals surface area contributed by atoms with E-state index in [2.05, 4.69) is 146 Å². The molecule has 0 N–H and O–H groups in total. The van der Waals surface area contributed by atoms with Crippen LogP contribution in [0.25, 0.3) is 98.8 Å². The predicted octanol–water partition coefficient (Wildman–Crippen LogP) is 12.0. The summed E-state index contributed by atoms with van der Waals surface area (Å²) in [4.78, 5) is 0. The lowest BCUT2D eigenvalue weighted by atomic mass is 9.82. The van der Waals surface area contributed by atoms with Crippen LogP contribution in [-0.4, -0.2) is 0 Å². The van der Waals surface area contributed by atoms with Gasteiger partial charge in [0, 0.05) is 10.8 Å². The first-order chi connectivity index (χ1) is 21.4. The summed E-state index contributed by atoms with van der Waals surface area (Å²) in [5.74, 6) is 0. The van der Waals surface area contributed by atoms with Crippen LogP contribution in [0.2, 0.25) is 0 Å². The van der Waals surface area contributed by atoms with E-state index < -0.39 is 0 Å². The number of benzene rings is 8. The Hall–Kier alpha value is -5.66. The molecule has 1 heteroatoms. The van der Waals surface area contributed by atoms with Crippen molar-refractivity contribution in [2.75, 3.05) is 0 Å². The van der Waals surface area contributed by atoms with E-state index in [1.54, 1.807) is 0 Å². The van der Waals surface area contributed by atoms with Crippen molar-refractivity contribution in [2.24, 2.45) is 0 Å². The molecule has 0 bridgehead atoms. The average Bonchev–Trinajstić information content (AvgIpc) is 3.62. The van der Waals surface area contributed by atoms with Crippen molar-refractivity contribution in [2.45, 2.75) is 0 Å². The van der Waals surface area contributed by atoms with Gasteiger partial charge in [-0.2, -0.15) is 0 Å². The number of hydrogen-bond acceptors (Lipinski definition) is 1. The third kappa shape index (κ3) is 3.01. The fraction of sp³-hybridized carbons (Fsp3) is 0. The van der Waals surface area contributed by atoms with E-state index in [0.29, 0.717) is 0 Å². The van der Waals surface area contributed by atoms with Gasteiger partial charge in [0.15, 0.2) is 0 Å². The van der Waals surface area contributed by atoms with Crippen LogP contribution < -0.4 is 0 Å². The van der Waals surface area contributed by atoms with Crippen LogP contribution in [0.4, 0.5) is 0 Å². The number of rotatable bonds is 2. The Morgan fingerprint density at radius 3 is 1.58 bits per heavy atom. The zero-order chi connectivity index (χ0) is 28.1. The van der Waals surface area contributed by atoms with Gasteiger partial charge in [-0.3, -0.25) is 0 Å². The van der Waals surface area contributed by atoms with E-state index >= 15 is 0 Å². The Morgan fingerprint density at radius 2 is 0.884 bits per heavy atom. The van der Waals surface area contributed by atoms with E-state index in [1.807, 2.05) is 0 Å². The highest BCUT2D eigenvalue weighted by Crippen LogP contribution is 2.59. The molecule has 0 atom stereocenters. The van der Waals surface area contributed by atoms with Crippen LogP contribution in [0, 0.1) is 0 Å². The highest BCUT2D eigenvalue weighted by Gasteiger charge is 2.32. The Labute approximate surface area is 248 Å². The second-order valence-electron chi connectivity index (χ2n) is 11.6. The summed E-state index contributed by atoms with van der Waals surface area (Å²) < 4.78 is 6.70. The van der Waals surface area contributed by atoms with Crippen molar-refractivity contribution in [3.8, 4) is 44.5 Å². The maximum Gasteiger partial charge on any atom is 0.136 e. The summed E-state index contributed by atoms with van der Waals surface area (Å²) in [7, 11) is 0. The second kappa shape index (κ2) is 8.44. The quantitative estimate of drug-likeness (QED) is 0.211. The Balaban J connectivity index is 1.46. The lowest BCUT2D eigenvalue weighted by Gasteiger charge is -2.20. The van der Waals surface area contributed by atoms with E-state index in [9.17, 15) is 0 Å². The van der Waals surface area contributed by atoms with Crippen molar-refractivity contribution in [3.05, 3.63) is 146 Å². The third-order valence-electron chi connectivity index (χ3n) is 9.37. The molecule has 198 valence electrons. The van der Waals surface area contributed by atoms with Crippen molar-refractivity contribution in [1.82, 2.24) is 0 Å². The second-order valence-corrected chi connectivity index (χ2v) is 11.6. The van der Waals surface area contributed by atoms with E-state index in [1.165, 1.54) is 87.6 Å². The van der Waals surface area contributed by atoms with Crippen molar-refractivity contribution < 1.29 is 4.42 Å². The molecule has 0 aliphatic heterocycles. The molecule has 0 saturated carbocycles. The average molecular weight is 545 g/mol. The SMILES string of the molecule is c1ccc(-c2c3c(c(-c4ccccc4)c4ccccc24)-c2cc4oc5ccc6ccccc6c5c4c4cccc-3c24)cc1. The molecule has 0 saturated heterocycles. The van der Waals surface area contributed by atoms with E-state index in [4.69, 9.17) is 4.42 Å². The van der Waals surface area contributed by atoms with Gasteiger partial charge in [-0.25, -0.2) is 0 Å². The zero-order valence-corrected chi connectivity index (χ0v) is 23.3. The Bertz CT molecular complexity index is 2590. The van der Waals surface area contributed by atoms with Gasteiger partial charge in [0.2, 0.25) is 0 Å². The van der Waals surface area contributed by atoms with Crippen LogP contribution in [0.15, 0.2) is 150 Å². The molecule has 1 nitrogen and oxygen atoms in total. The maximum absolute atomic E-state index is 6.70. The van der Waals surface area contributed by atoms with Crippen molar-refractivity contribution >= 4 is 54.3 Å². The van der Waals surface area contributed by atoms with Gasteiger partial charge in [-0.1, -0.05) is 133 Å². The van der Waals surface area contributed by atoms with E-state index in [0.717, 1.165) is 11.2 Å².